The van der Waals surface area contributed by atoms with Crippen LogP contribution in [-0.2, 0) is 7.05 Å². The molecule has 21 heavy (non-hydrogen) atoms. The van der Waals surface area contributed by atoms with E-state index in [9.17, 15) is 9.18 Å². The minimum Gasteiger partial charge on any atom is -0.477 e. The van der Waals surface area contributed by atoms with Crippen molar-refractivity contribution < 1.29 is 14.3 Å². The van der Waals surface area contributed by atoms with Gasteiger partial charge in [0.2, 0.25) is 0 Å². The molecule has 1 N–H and O–H groups in total. The Bertz CT molecular complexity index is 823. The van der Waals surface area contributed by atoms with Gasteiger partial charge in [-0.05, 0) is 18.2 Å². The lowest BCUT2D eigenvalue weighted by molar-refractivity contribution is 0.0686. The highest BCUT2D eigenvalue weighted by atomic mass is 32.1. The van der Waals surface area contributed by atoms with Gasteiger partial charge in [0, 0.05) is 29.8 Å². The van der Waals surface area contributed by atoms with Crippen LogP contribution in [-0.4, -0.2) is 20.6 Å². The van der Waals surface area contributed by atoms with E-state index in [1.165, 1.54) is 23.5 Å². The molecule has 0 saturated heterocycles. The maximum Gasteiger partial charge on any atom is 0.352 e. The standard InChI is InChI=1S/C15H11FN2O2S/c1-18-7-10(6-13(18)15(19)20)12-8-21-14(17-12)9-3-2-4-11(16)5-9/h2-8H,1H3,(H,19,20). The highest BCUT2D eigenvalue weighted by Gasteiger charge is 2.13. The van der Waals surface area contributed by atoms with Crippen LogP contribution in [0.3, 0.4) is 0 Å². The molecule has 0 amide bonds. The number of carbonyl (C=O) groups is 1. The predicted molar refractivity (Wildman–Crippen MR) is 78.9 cm³/mol. The third-order valence-electron chi connectivity index (χ3n) is 3.10. The molecule has 4 nitrogen and oxygen atoms in total. The summed E-state index contributed by atoms with van der Waals surface area (Å²) in [5, 5.41) is 11.6. The average molecular weight is 302 g/mol. The Labute approximate surface area is 124 Å². The lowest BCUT2D eigenvalue weighted by atomic mass is 10.2. The van der Waals surface area contributed by atoms with Crippen LogP contribution in [0.5, 0.6) is 0 Å². The third-order valence-corrected chi connectivity index (χ3v) is 3.99. The highest BCUT2D eigenvalue weighted by Crippen LogP contribution is 2.30. The van der Waals surface area contributed by atoms with E-state index in [4.69, 9.17) is 5.11 Å². The molecular weight excluding hydrogens is 291 g/mol. The predicted octanol–water partition coefficient (Wildman–Crippen LogP) is 3.65. The van der Waals surface area contributed by atoms with Crippen molar-refractivity contribution >= 4 is 17.3 Å². The van der Waals surface area contributed by atoms with Crippen LogP contribution in [0.4, 0.5) is 4.39 Å². The first-order valence-electron chi connectivity index (χ1n) is 6.16. The van der Waals surface area contributed by atoms with Crippen LogP contribution >= 0.6 is 11.3 Å². The number of benzene rings is 1. The zero-order chi connectivity index (χ0) is 15.0. The van der Waals surface area contributed by atoms with E-state index in [1.807, 2.05) is 5.38 Å². The minimum atomic E-state index is -0.982. The van der Waals surface area contributed by atoms with E-state index < -0.39 is 5.97 Å². The first kappa shape index (κ1) is 13.5. The number of aromatic nitrogens is 2. The molecule has 106 valence electrons. The summed E-state index contributed by atoms with van der Waals surface area (Å²) >= 11 is 1.40. The van der Waals surface area contributed by atoms with Gasteiger partial charge in [-0.15, -0.1) is 11.3 Å². The van der Waals surface area contributed by atoms with Gasteiger partial charge in [-0.2, -0.15) is 0 Å². The number of carboxylic acid groups (broad SMARTS) is 1. The van der Waals surface area contributed by atoms with Crippen LogP contribution in [0.25, 0.3) is 21.8 Å². The lowest BCUT2D eigenvalue weighted by Gasteiger charge is -1.95. The molecule has 2 aromatic heterocycles. The fraction of sp³-hybridized carbons (Fsp3) is 0.0667. The fourth-order valence-corrected chi connectivity index (χ4v) is 2.90. The van der Waals surface area contributed by atoms with E-state index in [0.717, 1.165) is 5.56 Å². The maximum absolute atomic E-state index is 13.2. The molecular formula is C15H11FN2O2S. The normalized spacial score (nSPS) is 10.8. The van der Waals surface area contributed by atoms with Crippen molar-refractivity contribution in [2.24, 2.45) is 7.05 Å². The van der Waals surface area contributed by atoms with Gasteiger partial charge in [0.15, 0.2) is 0 Å². The van der Waals surface area contributed by atoms with E-state index in [1.54, 1.807) is 36.0 Å². The number of thiazole rings is 1. The SMILES string of the molecule is Cn1cc(-c2csc(-c3cccc(F)c3)n2)cc1C(=O)O. The van der Waals surface area contributed by atoms with E-state index >= 15 is 0 Å². The first-order chi connectivity index (χ1) is 10.0. The summed E-state index contributed by atoms with van der Waals surface area (Å²) in [4.78, 5) is 15.5. The monoisotopic (exact) mass is 302 g/mol. The number of aryl methyl sites for hydroxylation is 1. The molecule has 0 fully saturated rings. The van der Waals surface area contributed by atoms with Crippen LogP contribution < -0.4 is 0 Å². The number of carboxylic acids is 1. The minimum absolute atomic E-state index is 0.199. The summed E-state index contributed by atoms with van der Waals surface area (Å²) in [5.74, 6) is -1.29. The van der Waals surface area contributed by atoms with E-state index in [2.05, 4.69) is 4.98 Å². The molecule has 0 bridgehead atoms. The Morgan fingerprint density at radius 2 is 2.14 bits per heavy atom. The summed E-state index contributed by atoms with van der Waals surface area (Å²) < 4.78 is 14.8. The van der Waals surface area contributed by atoms with Crippen LogP contribution in [0.1, 0.15) is 10.5 Å². The summed E-state index contributed by atoms with van der Waals surface area (Å²) in [6.07, 6.45) is 1.72. The smallest absolute Gasteiger partial charge is 0.352 e. The third kappa shape index (κ3) is 2.57. The van der Waals surface area contributed by atoms with Crippen molar-refractivity contribution in [2.75, 3.05) is 0 Å². The zero-order valence-electron chi connectivity index (χ0n) is 11.1. The van der Waals surface area contributed by atoms with Crippen LogP contribution in [0.2, 0.25) is 0 Å². The van der Waals surface area contributed by atoms with Gasteiger partial charge in [-0.1, -0.05) is 12.1 Å². The highest BCUT2D eigenvalue weighted by molar-refractivity contribution is 7.13. The van der Waals surface area contributed by atoms with Crippen molar-refractivity contribution in [1.29, 1.82) is 0 Å². The average Bonchev–Trinajstić information content (AvgIpc) is 3.05. The van der Waals surface area contributed by atoms with Gasteiger partial charge in [-0.25, -0.2) is 14.2 Å². The zero-order valence-corrected chi connectivity index (χ0v) is 11.9. The molecule has 3 rings (SSSR count). The fourth-order valence-electron chi connectivity index (χ4n) is 2.08. The Morgan fingerprint density at radius 1 is 1.33 bits per heavy atom. The largest absolute Gasteiger partial charge is 0.477 e. The molecule has 0 aliphatic carbocycles. The molecule has 0 spiro atoms. The van der Waals surface area contributed by atoms with Gasteiger partial charge in [-0.3, -0.25) is 0 Å². The topological polar surface area (TPSA) is 55.1 Å². The Hall–Kier alpha value is -2.47. The first-order valence-corrected chi connectivity index (χ1v) is 7.04. The molecule has 1 aromatic carbocycles. The maximum atomic E-state index is 13.2. The Kier molecular flexibility index (Phi) is 3.31. The summed E-state index contributed by atoms with van der Waals surface area (Å²) in [5.41, 5.74) is 2.32. The van der Waals surface area contributed by atoms with Crippen molar-refractivity contribution in [2.45, 2.75) is 0 Å². The number of hydrogen-bond donors (Lipinski definition) is 1. The second-order valence-corrected chi connectivity index (χ2v) is 5.44. The second-order valence-electron chi connectivity index (χ2n) is 4.58. The molecule has 0 radical (unpaired) electrons. The molecule has 0 aliphatic heterocycles. The number of rotatable bonds is 3. The molecule has 0 atom stereocenters. The van der Waals surface area contributed by atoms with Crippen molar-refractivity contribution in [3.63, 3.8) is 0 Å². The molecule has 0 unspecified atom stereocenters. The number of aromatic carboxylic acids is 1. The van der Waals surface area contributed by atoms with Gasteiger partial charge >= 0.3 is 5.97 Å². The summed E-state index contributed by atoms with van der Waals surface area (Å²) in [6.45, 7) is 0. The van der Waals surface area contributed by atoms with Gasteiger partial charge in [0.1, 0.15) is 16.5 Å². The molecule has 2 heterocycles. The van der Waals surface area contributed by atoms with E-state index in [0.29, 0.717) is 16.3 Å². The molecule has 0 aliphatic rings. The molecule has 3 aromatic rings. The second kappa shape index (κ2) is 5.14. The number of halogens is 1. The van der Waals surface area contributed by atoms with Crippen molar-refractivity contribution in [3.05, 3.63) is 53.4 Å². The summed E-state index contributed by atoms with van der Waals surface area (Å²) in [7, 11) is 1.67. The summed E-state index contributed by atoms with van der Waals surface area (Å²) in [6, 6.07) is 7.81. The van der Waals surface area contributed by atoms with Crippen molar-refractivity contribution in [1.82, 2.24) is 9.55 Å². The van der Waals surface area contributed by atoms with Gasteiger partial charge in [0.05, 0.1) is 5.69 Å². The van der Waals surface area contributed by atoms with E-state index in [-0.39, 0.29) is 11.5 Å². The number of nitrogens with zero attached hydrogens (tertiary/aromatic N) is 2. The Morgan fingerprint density at radius 3 is 2.81 bits per heavy atom. The van der Waals surface area contributed by atoms with Crippen molar-refractivity contribution in [3.8, 4) is 21.8 Å². The number of hydrogen-bond acceptors (Lipinski definition) is 3. The van der Waals surface area contributed by atoms with Gasteiger partial charge in [0.25, 0.3) is 0 Å². The van der Waals surface area contributed by atoms with Crippen LogP contribution in [0, 0.1) is 5.82 Å². The molecule has 6 heteroatoms. The van der Waals surface area contributed by atoms with Gasteiger partial charge < -0.3 is 9.67 Å². The quantitative estimate of drug-likeness (QED) is 0.803. The Balaban J connectivity index is 1.99. The lowest BCUT2D eigenvalue weighted by Crippen LogP contribution is -2.02. The van der Waals surface area contributed by atoms with Crippen LogP contribution in [0.15, 0.2) is 41.9 Å². The molecule has 0 saturated carbocycles.